The lowest BCUT2D eigenvalue weighted by atomic mass is 9.63. The maximum atomic E-state index is 2.56. The molecular formula is C13H23+. The van der Waals surface area contributed by atoms with Crippen LogP contribution in [0.15, 0.2) is 0 Å². The molecular weight excluding hydrogens is 156 g/mol. The Morgan fingerprint density at radius 3 is 2.54 bits per heavy atom. The molecule has 0 nitrogen and oxygen atoms in total. The summed E-state index contributed by atoms with van der Waals surface area (Å²) >= 11 is 0. The maximum absolute atomic E-state index is 2.56. The normalized spacial score (nSPS) is 44.5. The van der Waals surface area contributed by atoms with Crippen molar-refractivity contribution in [3.05, 3.63) is 5.92 Å². The Balaban J connectivity index is 2.16. The van der Waals surface area contributed by atoms with Gasteiger partial charge >= 0.3 is 0 Å². The fraction of sp³-hybridized carbons (Fsp3) is 0.923. The Labute approximate surface area is 83.1 Å². The highest BCUT2D eigenvalue weighted by Crippen LogP contribution is 2.57. The Morgan fingerprint density at radius 1 is 1.08 bits per heavy atom. The zero-order chi connectivity index (χ0) is 9.47. The third-order valence-corrected chi connectivity index (χ3v) is 4.75. The van der Waals surface area contributed by atoms with Crippen molar-refractivity contribution in [3.63, 3.8) is 0 Å². The Morgan fingerprint density at radius 2 is 1.85 bits per heavy atom. The molecule has 2 rings (SSSR count). The van der Waals surface area contributed by atoms with Crippen LogP contribution < -0.4 is 0 Å². The number of rotatable bonds is 1. The summed E-state index contributed by atoms with van der Waals surface area (Å²) in [5.41, 5.74) is 0.692. The molecule has 0 heteroatoms. The van der Waals surface area contributed by atoms with Crippen molar-refractivity contribution in [1.82, 2.24) is 0 Å². The summed E-state index contributed by atoms with van der Waals surface area (Å²) in [4.78, 5) is 0. The summed E-state index contributed by atoms with van der Waals surface area (Å²) in [7, 11) is 0. The van der Waals surface area contributed by atoms with Gasteiger partial charge in [0.15, 0.2) is 0 Å². The van der Waals surface area contributed by atoms with E-state index in [4.69, 9.17) is 0 Å². The van der Waals surface area contributed by atoms with Gasteiger partial charge in [-0.25, -0.2) is 0 Å². The van der Waals surface area contributed by atoms with Gasteiger partial charge in [-0.2, -0.15) is 0 Å². The quantitative estimate of drug-likeness (QED) is 0.529. The highest BCUT2D eigenvalue weighted by Gasteiger charge is 2.52. The smallest absolute Gasteiger partial charge is 0.0550 e. The number of hydrogen-bond donors (Lipinski definition) is 0. The molecule has 0 heterocycles. The first-order chi connectivity index (χ1) is 6.14. The average Bonchev–Trinajstić information content (AvgIpc) is 2.41. The summed E-state index contributed by atoms with van der Waals surface area (Å²) in [6.07, 6.45) is 8.97. The molecule has 0 aromatic heterocycles. The van der Waals surface area contributed by atoms with Crippen LogP contribution in [0.1, 0.15) is 59.3 Å². The van der Waals surface area contributed by atoms with Gasteiger partial charge in [-0.15, -0.1) is 0 Å². The molecule has 0 aromatic rings. The zero-order valence-corrected chi connectivity index (χ0v) is 9.40. The lowest BCUT2D eigenvalue weighted by Crippen LogP contribution is -2.33. The van der Waals surface area contributed by atoms with Gasteiger partial charge in [0.2, 0.25) is 0 Å². The summed E-state index contributed by atoms with van der Waals surface area (Å²) in [5, 5.41) is 0. The van der Waals surface area contributed by atoms with Crippen LogP contribution in [0.25, 0.3) is 0 Å². The van der Waals surface area contributed by atoms with Crippen LogP contribution in [0.4, 0.5) is 0 Å². The molecule has 0 N–H and O–H groups in total. The molecule has 2 saturated carbocycles. The molecule has 2 fully saturated rings. The first kappa shape index (κ1) is 9.43. The average molecular weight is 179 g/mol. The second-order valence-electron chi connectivity index (χ2n) is 5.66. The van der Waals surface area contributed by atoms with E-state index in [1.807, 2.05) is 0 Å². The SMILES string of the molecule is C[C+](C)[C@@H]1CC[C@H]2CCCC[C@@]21C. The third-order valence-electron chi connectivity index (χ3n) is 4.75. The molecule has 0 aliphatic heterocycles. The van der Waals surface area contributed by atoms with Crippen molar-refractivity contribution in [2.24, 2.45) is 17.3 Å². The first-order valence-corrected chi connectivity index (χ1v) is 5.94. The van der Waals surface area contributed by atoms with E-state index in [-0.39, 0.29) is 0 Å². The summed E-state index contributed by atoms with van der Waals surface area (Å²) < 4.78 is 0. The van der Waals surface area contributed by atoms with E-state index in [2.05, 4.69) is 20.8 Å². The van der Waals surface area contributed by atoms with Crippen molar-refractivity contribution in [2.45, 2.75) is 59.3 Å². The van der Waals surface area contributed by atoms with E-state index in [0.717, 1.165) is 11.8 Å². The largest absolute Gasteiger partial charge is 0.105 e. The molecule has 13 heavy (non-hydrogen) atoms. The Bertz CT molecular complexity index is 182. The number of fused-ring (bicyclic) bond motifs is 1. The number of hydrogen-bond acceptors (Lipinski definition) is 0. The monoisotopic (exact) mass is 179 g/mol. The molecule has 0 aromatic carbocycles. The van der Waals surface area contributed by atoms with Crippen molar-refractivity contribution >= 4 is 0 Å². The van der Waals surface area contributed by atoms with Crippen LogP contribution >= 0.6 is 0 Å². The molecule has 0 unspecified atom stereocenters. The topological polar surface area (TPSA) is 0 Å². The molecule has 2 aliphatic carbocycles. The predicted molar refractivity (Wildman–Crippen MR) is 57.4 cm³/mol. The molecule has 0 saturated heterocycles. The van der Waals surface area contributed by atoms with Gasteiger partial charge in [0, 0.05) is 5.41 Å². The molecule has 2 aliphatic rings. The van der Waals surface area contributed by atoms with Gasteiger partial charge < -0.3 is 0 Å². The minimum absolute atomic E-state index is 0.692. The summed E-state index contributed by atoms with van der Waals surface area (Å²) in [6, 6.07) is 0. The molecule has 74 valence electrons. The first-order valence-electron chi connectivity index (χ1n) is 5.94. The van der Waals surface area contributed by atoms with Crippen molar-refractivity contribution in [1.29, 1.82) is 0 Å². The lowest BCUT2D eigenvalue weighted by molar-refractivity contribution is 0.107. The third kappa shape index (κ3) is 1.39. The van der Waals surface area contributed by atoms with Gasteiger partial charge in [0.1, 0.15) is 5.92 Å². The van der Waals surface area contributed by atoms with E-state index >= 15 is 0 Å². The van der Waals surface area contributed by atoms with Crippen LogP contribution in [0.3, 0.4) is 0 Å². The predicted octanol–water partition coefficient (Wildman–Crippen LogP) is 4.21. The molecule has 3 atom stereocenters. The highest BCUT2D eigenvalue weighted by molar-refractivity contribution is 5.05. The van der Waals surface area contributed by atoms with Gasteiger partial charge in [0.05, 0.1) is 19.8 Å². The minimum Gasteiger partial charge on any atom is -0.0550 e. The van der Waals surface area contributed by atoms with Crippen LogP contribution in [0.5, 0.6) is 0 Å². The van der Waals surface area contributed by atoms with Gasteiger partial charge in [0.25, 0.3) is 0 Å². The van der Waals surface area contributed by atoms with Crippen LogP contribution in [-0.2, 0) is 0 Å². The minimum atomic E-state index is 0.692. The van der Waals surface area contributed by atoms with Crippen molar-refractivity contribution < 1.29 is 0 Å². The highest BCUT2D eigenvalue weighted by atomic mass is 14.5. The van der Waals surface area contributed by atoms with Gasteiger partial charge in [-0.05, 0) is 31.6 Å². The van der Waals surface area contributed by atoms with E-state index in [1.54, 1.807) is 5.92 Å². The molecule has 0 spiro atoms. The Kier molecular flexibility index (Phi) is 2.33. The van der Waals surface area contributed by atoms with E-state index in [0.29, 0.717) is 5.41 Å². The van der Waals surface area contributed by atoms with Crippen LogP contribution in [0, 0.1) is 23.2 Å². The van der Waals surface area contributed by atoms with Crippen molar-refractivity contribution in [2.75, 3.05) is 0 Å². The molecule has 0 amide bonds. The van der Waals surface area contributed by atoms with E-state index in [9.17, 15) is 0 Å². The summed E-state index contributed by atoms with van der Waals surface area (Å²) in [5.74, 6) is 3.69. The Hall–Kier alpha value is -0.130. The maximum Gasteiger partial charge on any atom is 0.105 e. The standard InChI is InChI=1S/C13H23/c1-10(2)12-8-7-11-6-4-5-9-13(11,12)3/h11-12H,4-9H2,1-3H3/q+1/t11-,12+,13+/m1/s1. The van der Waals surface area contributed by atoms with Gasteiger partial charge in [-0.3, -0.25) is 0 Å². The summed E-state index contributed by atoms with van der Waals surface area (Å²) in [6.45, 7) is 7.24. The second kappa shape index (κ2) is 3.22. The fourth-order valence-corrected chi connectivity index (χ4v) is 4.01. The van der Waals surface area contributed by atoms with Crippen molar-refractivity contribution in [3.8, 4) is 0 Å². The molecule has 0 bridgehead atoms. The van der Waals surface area contributed by atoms with Crippen LogP contribution in [0.2, 0.25) is 0 Å². The van der Waals surface area contributed by atoms with E-state index < -0.39 is 0 Å². The zero-order valence-electron chi connectivity index (χ0n) is 9.40. The van der Waals surface area contributed by atoms with Gasteiger partial charge in [-0.1, -0.05) is 19.8 Å². The van der Waals surface area contributed by atoms with E-state index in [1.165, 1.54) is 38.5 Å². The molecule has 0 radical (unpaired) electrons. The van der Waals surface area contributed by atoms with Crippen LogP contribution in [-0.4, -0.2) is 0 Å². The lowest BCUT2D eigenvalue weighted by Gasteiger charge is -2.38. The fourth-order valence-electron chi connectivity index (χ4n) is 4.01. The second-order valence-corrected chi connectivity index (χ2v) is 5.66.